The normalized spacial score (nSPS) is 8.93. The fraction of sp³-hybridized carbons (Fsp3) is 0. The molecule has 1 aromatic heterocycles. The molecule has 1 heterocycles. The molecular formula is C6H3CaIN2O4. The van der Waals surface area contributed by atoms with Crippen LogP contribution in [0.15, 0.2) is 6.20 Å². The van der Waals surface area contributed by atoms with Gasteiger partial charge in [-0.05, 0) is 22.6 Å². The van der Waals surface area contributed by atoms with Crippen molar-refractivity contribution in [3.63, 3.8) is 0 Å². The summed E-state index contributed by atoms with van der Waals surface area (Å²) in [5.74, 6) is -2.80. The van der Waals surface area contributed by atoms with E-state index in [-0.39, 0.29) is 37.7 Å². The van der Waals surface area contributed by atoms with Crippen molar-refractivity contribution in [3.05, 3.63) is 21.3 Å². The van der Waals surface area contributed by atoms with Crippen molar-refractivity contribution in [1.82, 2.24) is 9.97 Å². The predicted octanol–water partition coefficient (Wildman–Crippen LogP) is 0.0968. The molecule has 0 fully saturated rings. The first kappa shape index (κ1) is 14.0. The van der Waals surface area contributed by atoms with E-state index in [0.29, 0.717) is 3.70 Å². The number of hydrogen-bond acceptors (Lipinski definition) is 4. The average Bonchev–Trinajstić information content (AvgIpc) is 2.03. The Balaban J connectivity index is 0.00000169. The van der Waals surface area contributed by atoms with Crippen LogP contribution in [0.2, 0.25) is 0 Å². The summed E-state index contributed by atoms with van der Waals surface area (Å²) in [7, 11) is 0. The van der Waals surface area contributed by atoms with E-state index in [1.807, 2.05) is 0 Å². The zero-order valence-electron chi connectivity index (χ0n) is 6.77. The van der Waals surface area contributed by atoms with Crippen molar-refractivity contribution in [2.45, 2.75) is 0 Å². The molecule has 0 aliphatic carbocycles. The number of hydrogen-bond donors (Lipinski definition) is 2. The third-order valence-corrected chi connectivity index (χ3v) is 1.67. The number of aromatic carboxylic acids is 2. The summed E-state index contributed by atoms with van der Waals surface area (Å²) < 4.78 is 0.333. The molecule has 0 aliphatic heterocycles. The Hall–Kier alpha value is 0.00974. The van der Waals surface area contributed by atoms with Gasteiger partial charge in [-0.3, -0.25) is 0 Å². The minimum Gasteiger partial charge on any atom is -0.476 e. The van der Waals surface area contributed by atoms with Crippen LogP contribution in [0, 0.1) is 3.70 Å². The molecule has 14 heavy (non-hydrogen) atoms. The van der Waals surface area contributed by atoms with Gasteiger partial charge < -0.3 is 10.2 Å². The van der Waals surface area contributed by atoms with E-state index >= 15 is 0 Å². The van der Waals surface area contributed by atoms with Crippen LogP contribution in [0.4, 0.5) is 0 Å². The molecule has 0 saturated heterocycles. The summed E-state index contributed by atoms with van der Waals surface area (Å²) in [6.07, 6.45) is 1.19. The van der Waals surface area contributed by atoms with Crippen LogP contribution < -0.4 is 0 Å². The maximum absolute atomic E-state index is 10.5. The first-order valence-corrected chi connectivity index (χ1v) is 4.09. The zero-order chi connectivity index (χ0) is 10.0. The summed E-state index contributed by atoms with van der Waals surface area (Å²) >= 11 is 1.75. The number of carboxylic acids is 2. The molecule has 0 atom stereocenters. The second-order valence-corrected chi connectivity index (χ2v) is 3.11. The molecule has 1 aromatic rings. The fourth-order valence-corrected chi connectivity index (χ4v) is 1.05. The quantitative estimate of drug-likeness (QED) is 0.588. The zero-order valence-corrected chi connectivity index (χ0v) is 11.1. The summed E-state index contributed by atoms with van der Waals surface area (Å²) in [6, 6.07) is 0. The summed E-state index contributed by atoms with van der Waals surface area (Å²) in [5.41, 5.74) is -1.09. The van der Waals surface area contributed by atoms with Crippen LogP contribution in [0.3, 0.4) is 0 Å². The fourth-order valence-electron chi connectivity index (χ4n) is 0.673. The molecule has 0 saturated carbocycles. The van der Waals surface area contributed by atoms with E-state index in [1.165, 1.54) is 6.20 Å². The number of aromatic nitrogens is 2. The van der Waals surface area contributed by atoms with Gasteiger partial charge in [0.25, 0.3) is 0 Å². The topological polar surface area (TPSA) is 100 Å². The van der Waals surface area contributed by atoms with Crippen molar-refractivity contribution in [3.8, 4) is 0 Å². The monoisotopic (exact) mass is 334 g/mol. The number of rotatable bonds is 2. The SMILES string of the molecule is O=C(O)c1ncc(I)nc1C(=O)O.[Ca]. The minimum atomic E-state index is -1.40. The van der Waals surface area contributed by atoms with Crippen LogP contribution in [0.25, 0.3) is 0 Å². The summed E-state index contributed by atoms with van der Waals surface area (Å²) in [6.45, 7) is 0. The Kier molecular flexibility index (Phi) is 5.79. The molecule has 0 spiro atoms. The number of carboxylic acid groups (broad SMARTS) is 2. The number of carbonyl (C=O) groups is 2. The van der Waals surface area contributed by atoms with Crippen LogP contribution >= 0.6 is 22.6 Å². The molecule has 0 aliphatic rings. The third kappa shape index (κ3) is 3.30. The Morgan fingerprint density at radius 2 is 1.71 bits per heavy atom. The van der Waals surface area contributed by atoms with Gasteiger partial charge in [0.15, 0.2) is 11.4 Å². The minimum absolute atomic E-state index is 0. The third-order valence-electron chi connectivity index (χ3n) is 1.15. The average molecular weight is 334 g/mol. The van der Waals surface area contributed by atoms with Crippen LogP contribution in [-0.2, 0) is 0 Å². The molecule has 2 N–H and O–H groups in total. The maximum Gasteiger partial charge on any atom is 0.357 e. The molecule has 8 heteroatoms. The van der Waals surface area contributed by atoms with Crippen LogP contribution in [-0.4, -0.2) is 69.9 Å². The number of halogens is 1. The van der Waals surface area contributed by atoms with Gasteiger partial charge in [0.05, 0.1) is 6.20 Å². The molecular weight excluding hydrogens is 331 g/mol. The van der Waals surface area contributed by atoms with E-state index in [2.05, 4.69) is 9.97 Å². The maximum atomic E-state index is 10.5. The van der Waals surface area contributed by atoms with Gasteiger partial charge in [0.2, 0.25) is 0 Å². The van der Waals surface area contributed by atoms with Crippen molar-refractivity contribution < 1.29 is 19.8 Å². The van der Waals surface area contributed by atoms with E-state index < -0.39 is 23.3 Å². The standard InChI is InChI=1S/C6H3IN2O4.Ca/c7-2-1-8-3(5(10)11)4(9-2)6(12)13;/h1H,(H,10,11)(H,12,13);. The summed E-state index contributed by atoms with van der Waals surface area (Å²) in [4.78, 5) is 28.0. The number of nitrogens with zero attached hydrogens (tertiary/aromatic N) is 2. The van der Waals surface area contributed by atoms with Gasteiger partial charge in [-0.1, -0.05) is 0 Å². The van der Waals surface area contributed by atoms with Crippen molar-refractivity contribution >= 4 is 72.3 Å². The Morgan fingerprint density at radius 1 is 1.21 bits per heavy atom. The molecule has 1 rings (SSSR count). The molecule has 70 valence electrons. The molecule has 2 radical (unpaired) electrons. The Bertz CT molecular complexity index is 384. The first-order chi connectivity index (χ1) is 6.02. The van der Waals surface area contributed by atoms with Crippen LogP contribution in [0.1, 0.15) is 21.0 Å². The van der Waals surface area contributed by atoms with Crippen molar-refractivity contribution in [2.24, 2.45) is 0 Å². The van der Waals surface area contributed by atoms with E-state index in [9.17, 15) is 9.59 Å². The van der Waals surface area contributed by atoms with Gasteiger partial charge in [-0.25, -0.2) is 19.6 Å². The smallest absolute Gasteiger partial charge is 0.357 e. The first-order valence-electron chi connectivity index (χ1n) is 3.01. The molecule has 0 unspecified atom stereocenters. The van der Waals surface area contributed by atoms with Crippen LogP contribution in [0.5, 0.6) is 0 Å². The van der Waals surface area contributed by atoms with Gasteiger partial charge in [0.1, 0.15) is 3.70 Å². The summed E-state index contributed by atoms with van der Waals surface area (Å²) in [5, 5.41) is 17.1. The van der Waals surface area contributed by atoms with Gasteiger partial charge in [-0.2, -0.15) is 0 Å². The largest absolute Gasteiger partial charge is 0.476 e. The second kappa shape index (κ2) is 5.79. The predicted molar refractivity (Wildman–Crippen MR) is 54.4 cm³/mol. The van der Waals surface area contributed by atoms with Crippen molar-refractivity contribution in [1.29, 1.82) is 0 Å². The van der Waals surface area contributed by atoms with E-state index in [0.717, 1.165) is 0 Å². The second-order valence-electron chi connectivity index (χ2n) is 2.00. The van der Waals surface area contributed by atoms with E-state index in [1.54, 1.807) is 22.6 Å². The van der Waals surface area contributed by atoms with E-state index in [4.69, 9.17) is 10.2 Å². The Morgan fingerprint density at radius 3 is 2.14 bits per heavy atom. The molecule has 0 amide bonds. The Labute approximate surface area is 122 Å². The van der Waals surface area contributed by atoms with Gasteiger partial charge in [-0.15, -0.1) is 0 Å². The van der Waals surface area contributed by atoms with Crippen molar-refractivity contribution in [2.75, 3.05) is 0 Å². The molecule has 6 nitrogen and oxygen atoms in total. The molecule has 0 aromatic carbocycles. The van der Waals surface area contributed by atoms with Gasteiger partial charge in [0, 0.05) is 37.7 Å². The van der Waals surface area contributed by atoms with Gasteiger partial charge >= 0.3 is 11.9 Å². The molecule has 0 bridgehead atoms.